The summed E-state index contributed by atoms with van der Waals surface area (Å²) in [4.78, 5) is 11.9. The summed E-state index contributed by atoms with van der Waals surface area (Å²) in [5, 5.41) is 13.1. The Morgan fingerprint density at radius 2 is 2.22 bits per heavy atom. The molecule has 1 amide bonds. The average molecular weight is 271 g/mol. The quantitative estimate of drug-likeness (QED) is 0.718. The van der Waals surface area contributed by atoms with Crippen molar-refractivity contribution in [3.8, 4) is 0 Å². The molecule has 0 aliphatic heterocycles. The molecule has 0 fully saturated rings. The summed E-state index contributed by atoms with van der Waals surface area (Å²) in [6.45, 7) is 3.86. The van der Waals surface area contributed by atoms with E-state index in [0.29, 0.717) is 22.7 Å². The van der Waals surface area contributed by atoms with Gasteiger partial charge in [-0.1, -0.05) is 24.9 Å². The second-order valence-corrected chi connectivity index (χ2v) is 5.10. The maximum Gasteiger partial charge on any atom is 0.253 e. The van der Waals surface area contributed by atoms with E-state index in [1.165, 1.54) is 6.07 Å². The summed E-state index contributed by atoms with van der Waals surface area (Å²) in [6, 6.07) is 4.73. The van der Waals surface area contributed by atoms with Gasteiger partial charge in [-0.2, -0.15) is 0 Å². The highest BCUT2D eigenvalue weighted by Gasteiger charge is 2.20. The summed E-state index contributed by atoms with van der Waals surface area (Å²) in [7, 11) is 0. The van der Waals surface area contributed by atoms with Crippen LogP contribution in [0.3, 0.4) is 0 Å². The number of carbonyl (C=O) groups excluding carboxylic acids is 1. The number of anilines is 1. The molecule has 18 heavy (non-hydrogen) atoms. The molecule has 1 aromatic rings. The summed E-state index contributed by atoms with van der Waals surface area (Å²) < 4.78 is 0. The fourth-order valence-electron chi connectivity index (χ4n) is 1.72. The zero-order chi connectivity index (χ0) is 13.8. The van der Waals surface area contributed by atoms with Crippen molar-refractivity contribution in [3.05, 3.63) is 28.8 Å². The largest absolute Gasteiger partial charge is 0.398 e. The van der Waals surface area contributed by atoms with Gasteiger partial charge in [-0.15, -0.1) is 0 Å². The standard InChI is InChI=1S/C13H19ClN2O2/c1-3-6-13(2,18)8-16-12(17)10-7-9(14)4-5-11(10)15/h4-5,7,18H,3,6,8,15H2,1-2H3,(H,16,17). The van der Waals surface area contributed by atoms with E-state index in [1.54, 1.807) is 19.1 Å². The van der Waals surface area contributed by atoms with Crippen LogP contribution in [0.1, 0.15) is 37.0 Å². The van der Waals surface area contributed by atoms with Gasteiger partial charge in [-0.25, -0.2) is 0 Å². The van der Waals surface area contributed by atoms with Crippen LogP contribution in [-0.2, 0) is 0 Å². The number of carbonyl (C=O) groups is 1. The van der Waals surface area contributed by atoms with Gasteiger partial charge in [0.25, 0.3) is 5.91 Å². The van der Waals surface area contributed by atoms with Crippen molar-refractivity contribution >= 4 is 23.2 Å². The van der Waals surface area contributed by atoms with Crippen molar-refractivity contribution < 1.29 is 9.90 Å². The van der Waals surface area contributed by atoms with Crippen molar-refractivity contribution in [3.63, 3.8) is 0 Å². The van der Waals surface area contributed by atoms with Crippen LogP contribution < -0.4 is 11.1 Å². The molecule has 4 N–H and O–H groups in total. The first kappa shape index (κ1) is 14.8. The lowest BCUT2D eigenvalue weighted by Gasteiger charge is -2.23. The lowest BCUT2D eigenvalue weighted by Crippen LogP contribution is -2.40. The van der Waals surface area contributed by atoms with E-state index >= 15 is 0 Å². The molecule has 0 heterocycles. The van der Waals surface area contributed by atoms with Crippen LogP contribution in [0.4, 0.5) is 5.69 Å². The molecule has 0 aliphatic rings. The maximum absolute atomic E-state index is 11.9. The fourth-order valence-corrected chi connectivity index (χ4v) is 1.89. The minimum absolute atomic E-state index is 0.186. The fraction of sp³-hybridized carbons (Fsp3) is 0.462. The summed E-state index contributed by atoms with van der Waals surface area (Å²) in [5.41, 5.74) is 5.50. The zero-order valence-electron chi connectivity index (χ0n) is 10.7. The number of hydrogen-bond donors (Lipinski definition) is 3. The second-order valence-electron chi connectivity index (χ2n) is 4.66. The van der Waals surface area contributed by atoms with E-state index in [0.717, 1.165) is 6.42 Å². The Morgan fingerprint density at radius 3 is 2.83 bits per heavy atom. The molecule has 1 unspecified atom stereocenters. The number of aliphatic hydroxyl groups is 1. The highest BCUT2D eigenvalue weighted by atomic mass is 35.5. The molecule has 4 nitrogen and oxygen atoms in total. The molecular formula is C13H19ClN2O2. The van der Waals surface area contributed by atoms with Crippen molar-refractivity contribution in [2.75, 3.05) is 12.3 Å². The second kappa shape index (κ2) is 6.07. The minimum atomic E-state index is -0.905. The lowest BCUT2D eigenvalue weighted by atomic mass is 10.0. The molecule has 0 bridgehead atoms. The number of nitrogen functional groups attached to an aromatic ring is 1. The summed E-state index contributed by atoms with van der Waals surface area (Å²) in [5.74, 6) is -0.327. The van der Waals surface area contributed by atoms with Crippen LogP contribution in [0, 0.1) is 0 Å². The van der Waals surface area contributed by atoms with Gasteiger partial charge in [-0.3, -0.25) is 4.79 Å². The first-order valence-corrected chi connectivity index (χ1v) is 6.29. The van der Waals surface area contributed by atoms with Crippen molar-refractivity contribution in [1.82, 2.24) is 5.32 Å². The van der Waals surface area contributed by atoms with Gasteiger partial charge in [0, 0.05) is 17.3 Å². The van der Waals surface area contributed by atoms with Crippen LogP contribution in [0.5, 0.6) is 0 Å². The Labute approximate surface area is 112 Å². The molecule has 0 saturated carbocycles. The molecule has 0 aliphatic carbocycles. The molecule has 5 heteroatoms. The zero-order valence-corrected chi connectivity index (χ0v) is 11.4. The predicted octanol–water partition coefficient (Wildman–Crippen LogP) is 2.20. The Hall–Kier alpha value is -1.26. The topological polar surface area (TPSA) is 75.3 Å². The number of amides is 1. The summed E-state index contributed by atoms with van der Waals surface area (Å²) in [6.07, 6.45) is 1.47. The van der Waals surface area contributed by atoms with E-state index in [1.807, 2.05) is 6.92 Å². The molecule has 1 aromatic carbocycles. The molecule has 0 radical (unpaired) electrons. The third-order valence-electron chi connectivity index (χ3n) is 2.68. The van der Waals surface area contributed by atoms with Crippen LogP contribution in [-0.4, -0.2) is 23.2 Å². The normalized spacial score (nSPS) is 14.0. The van der Waals surface area contributed by atoms with Crippen molar-refractivity contribution in [1.29, 1.82) is 0 Å². The van der Waals surface area contributed by atoms with Crippen LogP contribution >= 0.6 is 11.6 Å². The predicted molar refractivity (Wildman–Crippen MR) is 73.7 cm³/mol. The maximum atomic E-state index is 11.9. The van der Waals surface area contributed by atoms with Gasteiger partial charge >= 0.3 is 0 Å². The van der Waals surface area contributed by atoms with Gasteiger partial charge < -0.3 is 16.2 Å². The third kappa shape index (κ3) is 4.20. The Balaban J connectivity index is 2.69. The minimum Gasteiger partial charge on any atom is -0.398 e. The smallest absolute Gasteiger partial charge is 0.253 e. The van der Waals surface area contributed by atoms with Gasteiger partial charge in [0.15, 0.2) is 0 Å². The molecule has 0 spiro atoms. The molecular weight excluding hydrogens is 252 g/mol. The van der Waals surface area contributed by atoms with E-state index in [9.17, 15) is 9.90 Å². The van der Waals surface area contributed by atoms with Gasteiger partial charge in [0.2, 0.25) is 0 Å². The number of nitrogens with two attached hydrogens (primary N) is 1. The molecule has 1 rings (SSSR count). The first-order valence-electron chi connectivity index (χ1n) is 5.91. The van der Waals surface area contributed by atoms with Gasteiger partial charge in [0.1, 0.15) is 0 Å². The first-order chi connectivity index (χ1) is 8.35. The SMILES string of the molecule is CCCC(C)(O)CNC(=O)c1cc(Cl)ccc1N. The van der Waals surface area contributed by atoms with E-state index in [4.69, 9.17) is 17.3 Å². The van der Waals surface area contributed by atoms with Gasteiger partial charge in [-0.05, 0) is 31.5 Å². The number of rotatable bonds is 5. The van der Waals surface area contributed by atoms with E-state index in [-0.39, 0.29) is 12.5 Å². The van der Waals surface area contributed by atoms with Crippen LogP contribution in [0.15, 0.2) is 18.2 Å². The Bertz CT molecular complexity index is 433. The Morgan fingerprint density at radius 1 is 1.56 bits per heavy atom. The van der Waals surface area contributed by atoms with Gasteiger partial charge in [0.05, 0.1) is 11.2 Å². The highest BCUT2D eigenvalue weighted by Crippen LogP contribution is 2.18. The average Bonchev–Trinajstić information content (AvgIpc) is 2.29. The number of halogens is 1. The number of nitrogens with one attached hydrogen (secondary N) is 1. The number of hydrogen-bond acceptors (Lipinski definition) is 3. The number of benzene rings is 1. The Kier molecular flexibility index (Phi) is 4.99. The van der Waals surface area contributed by atoms with Crippen LogP contribution in [0.2, 0.25) is 5.02 Å². The molecule has 0 saturated heterocycles. The van der Waals surface area contributed by atoms with Crippen LogP contribution in [0.25, 0.3) is 0 Å². The van der Waals surface area contributed by atoms with Crippen molar-refractivity contribution in [2.45, 2.75) is 32.3 Å². The third-order valence-corrected chi connectivity index (χ3v) is 2.91. The molecule has 0 aromatic heterocycles. The lowest BCUT2D eigenvalue weighted by molar-refractivity contribution is 0.0470. The summed E-state index contributed by atoms with van der Waals surface area (Å²) >= 11 is 5.82. The van der Waals surface area contributed by atoms with E-state index < -0.39 is 5.60 Å². The highest BCUT2D eigenvalue weighted by molar-refractivity contribution is 6.31. The van der Waals surface area contributed by atoms with Crippen molar-refractivity contribution in [2.24, 2.45) is 0 Å². The molecule has 1 atom stereocenters. The monoisotopic (exact) mass is 270 g/mol. The van der Waals surface area contributed by atoms with E-state index in [2.05, 4.69) is 5.32 Å². The molecule has 100 valence electrons.